The topological polar surface area (TPSA) is 0 Å². The summed E-state index contributed by atoms with van der Waals surface area (Å²) in [6.07, 6.45) is -2.92. The maximum absolute atomic E-state index is 12.3. The average Bonchev–Trinajstić information content (AvgIpc) is 2.04. The second kappa shape index (κ2) is 3.96. The minimum absolute atomic E-state index is 0.159. The van der Waals surface area contributed by atoms with E-state index < -0.39 is 11.7 Å². The second-order valence-corrected chi connectivity index (χ2v) is 2.91. The van der Waals surface area contributed by atoms with Crippen molar-refractivity contribution >= 4 is 22.0 Å². The van der Waals surface area contributed by atoms with E-state index in [0.717, 1.165) is 6.07 Å². The summed E-state index contributed by atoms with van der Waals surface area (Å²) in [5.74, 6) is 0. The van der Waals surface area contributed by atoms with Crippen LogP contribution in [0.5, 0.6) is 0 Å². The number of hydrogen-bond acceptors (Lipinski definition) is 0. The molecule has 1 aromatic rings. The Labute approximate surface area is 82.2 Å². The fourth-order valence-electron chi connectivity index (χ4n) is 0.968. The lowest BCUT2D eigenvalue weighted by molar-refractivity contribution is -0.137. The normalized spacial score (nSPS) is 12.3. The predicted molar refractivity (Wildman–Crippen MR) is 49.4 cm³/mol. The van der Waals surface area contributed by atoms with Crippen LogP contribution in [-0.2, 0) is 6.18 Å². The number of hydrogen-bond donors (Lipinski definition) is 0. The van der Waals surface area contributed by atoms with Gasteiger partial charge in [0.25, 0.3) is 0 Å². The molecular formula is C9H6BrF3. The third-order valence-electron chi connectivity index (χ3n) is 1.51. The Kier molecular flexibility index (Phi) is 3.14. The van der Waals surface area contributed by atoms with E-state index in [1.54, 1.807) is 6.07 Å². The smallest absolute Gasteiger partial charge is 0.166 e. The van der Waals surface area contributed by atoms with Crippen LogP contribution in [0.2, 0.25) is 0 Å². The summed E-state index contributed by atoms with van der Waals surface area (Å²) >= 11 is 2.94. The van der Waals surface area contributed by atoms with Gasteiger partial charge in [-0.05, 0) is 22.7 Å². The molecule has 1 aromatic carbocycles. The zero-order valence-corrected chi connectivity index (χ0v) is 8.06. The first-order valence-corrected chi connectivity index (χ1v) is 4.40. The first-order valence-electron chi connectivity index (χ1n) is 3.48. The Hall–Kier alpha value is -0.770. The summed E-state index contributed by atoms with van der Waals surface area (Å²) in [6.45, 7) is 0. The SMILES string of the molecule is FC(F)(F)c1ccccc1/C=C/Br. The highest BCUT2D eigenvalue weighted by Crippen LogP contribution is 2.32. The van der Waals surface area contributed by atoms with Crippen molar-refractivity contribution in [3.05, 3.63) is 40.4 Å². The maximum atomic E-state index is 12.3. The lowest BCUT2D eigenvalue weighted by atomic mass is 10.1. The van der Waals surface area contributed by atoms with Crippen molar-refractivity contribution in [2.45, 2.75) is 6.18 Å². The van der Waals surface area contributed by atoms with Gasteiger partial charge < -0.3 is 0 Å². The monoisotopic (exact) mass is 250 g/mol. The van der Waals surface area contributed by atoms with Gasteiger partial charge in [0.2, 0.25) is 0 Å². The number of rotatable bonds is 1. The van der Waals surface area contributed by atoms with E-state index in [-0.39, 0.29) is 5.56 Å². The molecule has 0 aromatic heterocycles. The quantitative estimate of drug-likeness (QED) is 0.705. The van der Waals surface area contributed by atoms with Gasteiger partial charge in [0, 0.05) is 0 Å². The Bertz CT molecular complexity index is 315. The summed E-state index contributed by atoms with van der Waals surface area (Å²) < 4.78 is 37.0. The summed E-state index contributed by atoms with van der Waals surface area (Å²) in [5.41, 5.74) is -0.461. The Morgan fingerprint density at radius 1 is 1.15 bits per heavy atom. The molecule has 0 aliphatic heterocycles. The highest BCUT2D eigenvalue weighted by atomic mass is 79.9. The average molecular weight is 251 g/mol. The summed E-state index contributed by atoms with van der Waals surface area (Å²) in [5, 5.41) is 0. The molecule has 0 aliphatic carbocycles. The first-order chi connectivity index (χ1) is 6.05. The van der Waals surface area contributed by atoms with Crippen LogP contribution in [0.1, 0.15) is 11.1 Å². The van der Waals surface area contributed by atoms with Crippen LogP contribution in [-0.4, -0.2) is 0 Å². The van der Waals surface area contributed by atoms with Crippen molar-refractivity contribution in [1.29, 1.82) is 0 Å². The summed E-state index contributed by atoms with van der Waals surface area (Å²) in [6, 6.07) is 5.41. The Balaban J connectivity index is 3.20. The van der Waals surface area contributed by atoms with E-state index in [0.29, 0.717) is 0 Å². The second-order valence-electron chi connectivity index (χ2n) is 2.38. The van der Waals surface area contributed by atoms with Gasteiger partial charge in [-0.15, -0.1) is 0 Å². The van der Waals surface area contributed by atoms with Gasteiger partial charge in [-0.1, -0.05) is 34.1 Å². The van der Waals surface area contributed by atoms with E-state index in [4.69, 9.17) is 0 Å². The summed E-state index contributed by atoms with van der Waals surface area (Å²) in [4.78, 5) is 1.40. The molecule has 0 heterocycles. The molecule has 0 N–H and O–H groups in total. The first kappa shape index (κ1) is 10.3. The lowest BCUT2D eigenvalue weighted by Crippen LogP contribution is -2.06. The molecule has 0 fully saturated rings. The van der Waals surface area contributed by atoms with Crippen molar-refractivity contribution in [3.8, 4) is 0 Å². The predicted octanol–water partition coefficient (Wildman–Crippen LogP) is 4.07. The van der Waals surface area contributed by atoms with Crippen LogP contribution in [0.4, 0.5) is 13.2 Å². The highest BCUT2D eigenvalue weighted by Gasteiger charge is 2.32. The minimum atomic E-state index is -4.29. The third-order valence-corrected chi connectivity index (χ3v) is 1.77. The molecule has 0 radical (unpaired) electrons. The number of benzene rings is 1. The van der Waals surface area contributed by atoms with E-state index in [9.17, 15) is 13.2 Å². The Morgan fingerprint density at radius 3 is 2.31 bits per heavy atom. The molecule has 0 saturated heterocycles. The molecule has 4 heteroatoms. The van der Waals surface area contributed by atoms with Crippen LogP contribution >= 0.6 is 15.9 Å². The molecule has 0 nitrogen and oxygen atoms in total. The molecular weight excluding hydrogens is 245 g/mol. The molecule has 0 amide bonds. The number of halogens is 4. The maximum Gasteiger partial charge on any atom is 0.416 e. The summed E-state index contributed by atoms with van der Waals surface area (Å²) in [7, 11) is 0. The van der Waals surface area contributed by atoms with Crippen LogP contribution in [0, 0.1) is 0 Å². The molecule has 13 heavy (non-hydrogen) atoms. The van der Waals surface area contributed by atoms with Gasteiger partial charge in [0.05, 0.1) is 5.56 Å². The van der Waals surface area contributed by atoms with Crippen molar-refractivity contribution < 1.29 is 13.2 Å². The number of alkyl halides is 3. The molecule has 70 valence electrons. The highest BCUT2D eigenvalue weighted by molar-refractivity contribution is 9.11. The van der Waals surface area contributed by atoms with Crippen molar-refractivity contribution in [3.63, 3.8) is 0 Å². The van der Waals surface area contributed by atoms with E-state index >= 15 is 0 Å². The van der Waals surface area contributed by atoms with Crippen LogP contribution in [0.15, 0.2) is 29.3 Å². The lowest BCUT2D eigenvalue weighted by Gasteiger charge is -2.08. The van der Waals surface area contributed by atoms with Gasteiger partial charge >= 0.3 is 6.18 Å². The third kappa shape index (κ3) is 2.59. The minimum Gasteiger partial charge on any atom is -0.166 e. The van der Waals surface area contributed by atoms with Gasteiger partial charge in [0.1, 0.15) is 0 Å². The molecule has 0 bridgehead atoms. The molecule has 0 saturated carbocycles. The van der Waals surface area contributed by atoms with Crippen LogP contribution in [0.3, 0.4) is 0 Å². The van der Waals surface area contributed by atoms with Gasteiger partial charge in [0.15, 0.2) is 0 Å². The van der Waals surface area contributed by atoms with Crippen LogP contribution < -0.4 is 0 Å². The molecule has 0 atom stereocenters. The zero-order valence-electron chi connectivity index (χ0n) is 6.48. The van der Waals surface area contributed by atoms with Gasteiger partial charge in [-0.2, -0.15) is 13.2 Å². The fourth-order valence-corrected chi connectivity index (χ4v) is 1.25. The van der Waals surface area contributed by atoms with Crippen molar-refractivity contribution in [2.75, 3.05) is 0 Å². The molecule has 0 spiro atoms. The zero-order chi connectivity index (χ0) is 9.90. The fraction of sp³-hybridized carbons (Fsp3) is 0.111. The molecule has 0 unspecified atom stereocenters. The van der Waals surface area contributed by atoms with Crippen LogP contribution in [0.25, 0.3) is 6.08 Å². The van der Waals surface area contributed by atoms with E-state index in [2.05, 4.69) is 15.9 Å². The standard InChI is InChI=1S/C9H6BrF3/c10-6-5-7-3-1-2-4-8(7)9(11,12)13/h1-6H/b6-5+. The largest absolute Gasteiger partial charge is 0.416 e. The van der Waals surface area contributed by atoms with Crippen molar-refractivity contribution in [2.24, 2.45) is 0 Å². The van der Waals surface area contributed by atoms with Gasteiger partial charge in [-0.3, -0.25) is 0 Å². The van der Waals surface area contributed by atoms with E-state index in [1.165, 1.54) is 23.2 Å². The molecule has 1 rings (SSSR count). The Morgan fingerprint density at radius 2 is 1.77 bits per heavy atom. The van der Waals surface area contributed by atoms with E-state index in [1.807, 2.05) is 0 Å². The van der Waals surface area contributed by atoms with Crippen molar-refractivity contribution in [1.82, 2.24) is 0 Å². The molecule has 0 aliphatic rings. The van der Waals surface area contributed by atoms with Gasteiger partial charge in [-0.25, -0.2) is 0 Å².